The highest BCUT2D eigenvalue weighted by molar-refractivity contribution is 7.90. The monoisotopic (exact) mass is 404 g/mol. The molecule has 0 aromatic heterocycles. The molecule has 9 nitrogen and oxygen atoms in total. The second-order valence-electron chi connectivity index (χ2n) is 7.34. The molecular weight excluding hydrogens is 380 g/mol. The van der Waals surface area contributed by atoms with Gasteiger partial charge in [0.25, 0.3) is 5.91 Å². The van der Waals surface area contributed by atoms with E-state index in [4.69, 9.17) is 5.73 Å². The molecule has 1 atom stereocenters. The topological polar surface area (TPSA) is 129 Å². The van der Waals surface area contributed by atoms with Crippen LogP contribution >= 0.6 is 0 Å². The molecular formula is C18H24N6O3S. The van der Waals surface area contributed by atoms with E-state index in [9.17, 15) is 13.2 Å². The van der Waals surface area contributed by atoms with Crippen LogP contribution in [0.2, 0.25) is 0 Å². The van der Waals surface area contributed by atoms with E-state index in [1.54, 1.807) is 18.3 Å². The third-order valence-corrected chi connectivity index (χ3v) is 6.28. The third kappa shape index (κ3) is 3.52. The molecule has 6 N–H and O–H groups in total. The average Bonchev–Trinajstić information content (AvgIpc) is 3.15. The summed E-state index contributed by atoms with van der Waals surface area (Å²) in [6.07, 6.45) is 9.26. The van der Waals surface area contributed by atoms with Crippen molar-refractivity contribution in [1.82, 2.24) is 20.9 Å². The van der Waals surface area contributed by atoms with Crippen LogP contribution in [0, 0.1) is 0 Å². The molecule has 2 aliphatic heterocycles. The first-order valence-corrected chi connectivity index (χ1v) is 11.1. The maximum absolute atomic E-state index is 12.6. The Bertz CT molecular complexity index is 950. The Morgan fingerprint density at radius 1 is 1.18 bits per heavy atom. The number of sulfone groups is 1. The largest absolute Gasteiger partial charge is 0.353 e. The number of nitrogens with one attached hydrogen (secondary N) is 4. The van der Waals surface area contributed by atoms with Gasteiger partial charge in [0.05, 0.1) is 4.90 Å². The van der Waals surface area contributed by atoms with Gasteiger partial charge in [-0.05, 0) is 37.1 Å². The van der Waals surface area contributed by atoms with Gasteiger partial charge in [-0.2, -0.15) is 0 Å². The summed E-state index contributed by atoms with van der Waals surface area (Å²) in [5.74, 6) is -1.13. The maximum Gasteiger partial charge on any atom is 0.275 e. The van der Waals surface area contributed by atoms with Crippen LogP contribution in [0.4, 0.5) is 5.69 Å². The number of carbonyl (C=O) groups is 1. The van der Waals surface area contributed by atoms with Gasteiger partial charge in [-0.3, -0.25) is 15.8 Å². The van der Waals surface area contributed by atoms with E-state index in [0.717, 1.165) is 31.9 Å². The lowest BCUT2D eigenvalue weighted by Gasteiger charge is -2.44. The Morgan fingerprint density at radius 3 is 2.50 bits per heavy atom. The summed E-state index contributed by atoms with van der Waals surface area (Å²) in [5, 5.41) is 11.9. The first-order chi connectivity index (χ1) is 13.3. The highest BCUT2D eigenvalue weighted by Gasteiger charge is 2.40. The van der Waals surface area contributed by atoms with Gasteiger partial charge in [-0.25, -0.2) is 8.42 Å². The fourth-order valence-corrected chi connectivity index (χ4v) is 4.43. The van der Waals surface area contributed by atoms with Crippen molar-refractivity contribution in [3.05, 3.63) is 48.2 Å². The molecule has 0 bridgehead atoms. The van der Waals surface area contributed by atoms with Crippen molar-refractivity contribution in [3.8, 4) is 0 Å². The molecule has 4 rings (SSSR count). The van der Waals surface area contributed by atoms with Gasteiger partial charge >= 0.3 is 0 Å². The van der Waals surface area contributed by atoms with Crippen LogP contribution in [0.1, 0.15) is 25.7 Å². The standard InChI is InChI=1S/C18H24N6O3S/c1-28(26,27)14-8-6-12(7-9-14)21-18(19)22-16-15(17(25)23-18)20-10-11-24(16)13-4-2-3-5-13/h6-11,13,20-22H,2-5,19H2,1H3,(H,23,25). The molecule has 28 heavy (non-hydrogen) atoms. The van der Waals surface area contributed by atoms with Gasteiger partial charge in [-0.1, -0.05) is 12.8 Å². The first kappa shape index (κ1) is 18.6. The highest BCUT2D eigenvalue weighted by Crippen LogP contribution is 2.29. The highest BCUT2D eigenvalue weighted by atomic mass is 32.2. The molecule has 1 saturated carbocycles. The number of hydrogen-bond acceptors (Lipinski definition) is 8. The lowest BCUT2D eigenvalue weighted by molar-refractivity contribution is -0.120. The molecule has 0 saturated heterocycles. The smallest absolute Gasteiger partial charge is 0.275 e. The van der Waals surface area contributed by atoms with Crippen molar-refractivity contribution in [2.75, 3.05) is 11.6 Å². The normalized spacial score (nSPS) is 25.1. The molecule has 0 radical (unpaired) electrons. The van der Waals surface area contributed by atoms with Crippen LogP contribution in [-0.4, -0.2) is 37.4 Å². The minimum absolute atomic E-state index is 0.212. The number of nitrogens with zero attached hydrogens (tertiary/aromatic N) is 1. The predicted molar refractivity (Wildman–Crippen MR) is 105 cm³/mol. The Kier molecular flexibility index (Phi) is 4.47. The van der Waals surface area contributed by atoms with E-state index in [2.05, 4.69) is 26.2 Å². The third-order valence-electron chi connectivity index (χ3n) is 5.15. The van der Waals surface area contributed by atoms with E-state index in [1.807, 2.05) is 6.20 Å². The summed E-state index contributed by atoms with van der Waals surface area (Å²) < 4.78 is 23.2. The Morgan fingerprint density at radius 2 is 1.86 bits per heavy atom. The van der Waals surface area contributed by atoms with Gasteiger partial charge in [0, 0.05) is 30.4 Å². The number of nitrogens with two attached hydrogens (primary N) is 1. The summed E-state index contributed by atoms with van der Waals surface area (Å²) in [6, 6.07) is 6.52. The van der Waals surface area contributed by atoms with E-state index in [0.29, 0.717) is 23.2 Å². The summed E-state index contributed by atoms with van der Waals surface area (Å²) >= 11 is 0. The lowest BCUT2D eigenvalue weighted by atomic mass is 10.1. The minimum Gasteiger partial charge on any atom is -0.353 e. The summed E-state index contributed by atoms with van der Waals surface area (Å²) in [7, 11) is -3.28. The number of hydrogen-bond donors (Lipinski definition) is 5. The summed E-state index contributed by atoms with van der Waals surface area (Å²) in [4.78, 5) is 14.9. The van der Waals surface area contributed by atoms with Crippen molar-refractivity contribution in [3.63, 3.8) is 0 Å². The maximum atomic E-state index is 12.6. The van der Waals surface area contributed by atoms with Crippen LogP contribution in [-0.2, 0) is 14.6 Å². The van der Waals surface area contributed by atoms with Crippen molar-refractivity contribution < 1.29 is 13.2 Å². The average molecular weight is 404 g/mol. The van der Waals surface area contributed by atoms with Gasteiger partial charge < -0.3 is 20.9 Å². The van der Waals surface area contributed by atoms with E-state index < -0.39 is 15.7 Å². The Hall–Kier alpha value is -2.72. The Labute approximate surface area is 164 Å². The van der Waals surface area contributed by atoms with Crippen molar-refractivity contribution in [2.24, 2.45) is 5.73 Å². The molecule has 150 valence electrons. The van der Waals surface area contributed by atoms with Crippen molar-refractivity contribution in [2.45, 2.75) is 42.5 Å². The van der Waals surface area contributed by atoms with Crippen LogP contribution in [0.3, 0.4) is 0 Å². The second kappa shape index (κ2) is 6.71. The number of benzene rings is 1. The molecule has 2 heterocycles. The predicted octanol–water partition coefficient (Wildman–Crippen LogP) is 0.280. The molecule has 3 aliphatic rings. The van der Waals surface area contributed by atoms with E-state index in [1.165, 1.54) is 12.1 Å². The molecule has 1 aromatic carbocycles. The molecule has 0 spiro atoms. The van der Waals surface area contributed by atoms with Crippen LogP contribution in [0.25, 0.3) is 0 Å². The zero-order valence-corrected chi connectivity index (χ0v) is 16.3. The summed E-state index contributed by atoms with van der Waals surface area (Å²) in [5.41, 5.74) is 7.38. The molecule has 1 unspecified atom stereocenters. The van der Waals surface area contributed by atoms with Crippen molar-refractivity contribution in [1.29, 1.82) is 0 Å². The molecule has 1 aromatic rings. The van der Waals surface area contributed by atoms with Gasteiger partial charge in [0.1, 0.15) is 11.5 Å². The van der Waals surface area contributed by atoms with Gasteiger partial charge in [-0.15, -0.1) is 0 Å². The number of anilines is 1. The second-order valence-corrected chi connectivity index (χ2v) is 9.35. The fourth-order valence-electron chi connectivity index (χ4n) is 3.79. The zero-order chi connectivity index (χ0) is 19.9. The van der Waals surface area contributed by atoms with E-state index >= 15 is 0 Å². The first-order valence-electron chi connectivity index (χ1n) is 9.19. The Balaban J connectivity index is 1.57. The number of carbonyl (C=O) groups excluding carboxylic acids is 1. The molecule has 1 fully saturated rings. The quantitative estimate of drug-likeness (QED) is 0.453. The molecule has 1 aliphatic carbocycles. The van der Waals surface area contributed by atoms with Crippen molar-refractivity contribution >= 4 is 21.4 Å². The van der Waals surface area contributed by atoms with Gasteiger partial charge in [0.2, 0.25) is 5.91 Å². The lowest BCUT2D eigenvalue weighted by Crippen LogP contribution is -2.74. The minimum atomic E-state index is -3.28. The SMILES string of the molecule is CS(=O)(=O)c1ccc(NC2(N)NC(=O)C3=C(N2)N(C2CCCC2)C=CN3)cc1. The molecule has 10 heteroatoms. The molecule has 1 amide bonds. The van der Waals surface area contributed by atoms with Crippen LogP contribution < -0.4 is 27.0 Å². The van der Waals surface area contributed by atoms with Crippen LogP contribution in [0.5, 0.6) is 0 Å². The number of rotatable bonds is 4. The van der Waals surface area contributed by atoms with Crippen LogP contribution in [0.15, 0.2) is 53.1 Å². The number of amides is 1. The summed E-state index contributed by atoms with van der Waals surface area (Å²) in [6.45, 7) is 0. The van der Waals surface area contributed by atoms with E-state index in [-0.39, 0.29) is 10.8 Å². The fraction of sp³-hybridized carbons (Fsp3) is 0.389. The van der Waals surface area contributed by atoms with Gasteiger partial charge in [0.15, 0.2) is 9.84 Å². The zero-order valence-electron chi connectivity index (χ0n) is 15.5.